The van der Waals surface area contributed by atoms with E-state index >= 15 is 0 Å². The lowest BCUT2D eigenvalue weighted by Crippen LogP contribution is -1.98. The average Bonchev–Trinajstić information content (AvgIpc) is 3.15. The number of hydrogen-bond donors (Lipinski definition) is 0. The topological polar surface area (TPSA) is 25.8 Å². The zero-order valence-corrected chi connectivity index (χ0v) is 26.3. The number of halogens is 1. The first-order chi connectivity index (χ1) is 23.2. The second kappa shape index (κ2) is 12.5. The van der Waals surface area contributed by atoms with Crippen molar-refractivity contribution in [3.63, 3.8) is 0 Å². The molecule has 0 saturated carbocycles. The van der Waals surface area contributed by atoms with E-state index in [1.165, 1.54) is 5.56 Å². The highest BCUT2D eigenvalue weighted by molar-refractivity contribution is 6.31. The van der Waals surface area contributed by atoms with Gasteiger partial charge in [-0.15, -0.1) is 0 Å². The SMILES string of the molecule is Clc1cccc(-c2cc(-c3cc(-c4cccc(-c5ccccc5)c4)nc(-c4ccccc4-c4ccccc4)n3)cc3ccccc23)c1. The van der Waals surface area contributed by atoms with E-state index in [0.29, 0.717) is 10.8 Å². The van der Waals surface area contributed by atoms with Crippen molar-refractivity contribution in [1.29, 1.82) is 0 Å². The third-order valence-electron chi connectivity index (χ3n) is 8.54. The molecule has 0 fully saturated rings. The highest BCUT2D eigenvalue weighted by Gasteiger charge is 2.16. The van der Waals surface area contributed by atoms with Crippen LogP contribution in [0.1, 0.15) is 0 Å². The van der Waals surface area contributed by atoms with Crippen LogP contribution in [0.2, 0.25) is 5.02 Å². The molecule has 7 aromatic carbocycles. The largest absolute Gasteiger partial charge is 0.228 e. The van der Waals surface area contributed by atoms with E-state index in [1.54, 1.807) is 0 Å². The fourth-order valence-corrected chi connectivity index (χ4v) is 6.44. The Kier molecular flexibility index (Phi) is 7.62. The third-order valence-corrected chi connectivity index (χ3v) is 8.77. The summed E-state index contributed by atoms with van der Waals surface area (Å²) in [5.41, 5.74) is 11.4. The summed E-state index contributed by atoms with van der Waals surface area (Å²) in [5.74, 6) is 0.680. The Morgan fingerprint density at radius 3 is 1.72 bits per heavy atom. The van der Waals surface area contributed by atoms with Gasteiger partial charge in [0, 0.05) is 21.7 Å². The highest BCUT2D eigenvalue weighted by atomic mass is 35.5. The van der Waals surface area contributed by atoms with Gasteiger partial charge >= 0.3 is 0 Å². The number of nitrogens with zero attached hydrogens (tertiary/aromatic N) is 2. The molecule has 0 N–H and O–H groups in total. The Hall–Kier alpha value is -5.83. The molecule has 8 rings (SSSR count). The van der Waals surface area contributed by atoms with E-state index in [0.717, 1.165) is 66.7 Å². The Bertz CT molecular complexity index is 2360. The molecular formula is C44H29ClN2. The summed E-state index contributed by atoms with van der Waals surface area (Å²) in [6, 6.07) is 61.0. The molecule has 8 aromatic rings. The third kappa shape index (κ3) is 5.83. The minimum absolute atomic E-state index is 0.680. The van der Waals surface area contributed by atoms with E-state index < -0.39 is 0 Å². The predicted molar refractivity (Wildman–Crippen MR) is 197 cm³/mol. The van der Waals surface area contributed by atoms with Gasteiger partial charge in [0.2, 0.25) is 0 Å². The van der Waals surface area contributed by atoms with Crippen molar-refractivity contribution >= 4 is 22.4 Å². The van der Waals surface area contributed by atoms with Gasteiger partial charge < -0.3 is 0 Å². The maximum atomic E-state index is 6.48. The van der Waals surface area contributed by atoms with Gasteiger partial charge in [0.1, 0.15) is 0 Å². The van der Waals surface area contributed by atoms with Gasteiger partial charge in [-0.2, -0.15) is 0 Å². The van der Waals surface area contributed by atoms with Crippen LogP contribution in [0.25, 0.3) is 78.1 Å². The zero-order valence-electron chi connectivity index (χ0n) is 25.5. The average molecular weight is 621 g/mol. The Labute approximate surface area is 279 Å². The zero-order chi connectivity index (χ0) is 31.6. The predicted octanol–water partition coefficient (Wildman–Crippen LogP) is 12.3. The van der Waals surface area contributed by atoms with E-state index in [4.69, 9.17) is 21.6 Å². The normalized spacial score (nSPS) is 11.1. The molecule has 2 nitrogen and oxygen atoms in total. The highest BCUT2D eigenvalue weighted by Crippen LogP contribution is 2.38. The quantitative estimate of drug-likeness (QED) is 0.185. The first-order valence-electron chi connectivity index (χ1n) is 15.7. The second-order valence-electron chi connectivity index (χ2n) is 11.6. The number of benzene rings is 7. The lowest BCUT2D eigenvalue weighted by atomic mass is 9.94. The van der Waals surface area contributed by atoms with E-state index in [-0.39, 0.29) is 0 Å². The molecule has 1 heterocycles. The summed E-state index contributed by atoms with van der Waals surface area (Å²) in [6.07, 6.45) is 0. The van der Waals surface area contributed by atoms with Gasteiger partial charge in [0.05, 0.1) is 11.4 Å². The van der Waals surface area contributed by atoms with Gasteiger partial charge in [-0.1, -0.05) is 151 Å². The van der Waals surface area contributed by atoms with Crippen LogP contribution in [0, 0.1) is 0 Å². The fourth-order valence-electron chi connectivity index (χ4n) is 6.25. The van der Waals surface area contributed by atoms with Crippen molar-refractivity contribution in [1.82, 2.24) is 9.97 Å². The minimum Gasteiger partial charge on any atom is -0.228 e. The first-order valence-corrected chi connectivity index (χ1v) is 16.1. The maximum absolute atomic E-state index is 6.48. The molecule has 0 aliphatic heterocycles. The standard InChI is InChI=1S/C44H29ClN2/c45-37-21-12-19-34(27-37)41-28-36(26-33-17-7-8-23-39(33)41)43-29-42(35-20-11-18-32(25-35)30-13-3-1-4-14-30)46-44(47-43)40-24-10-9-22-38(40)31-15-5-2-6-16-31/h1-29H. The summed E-state index contributed by atoms with van der Waals surface area (Å²) in [4.78, 5) is 10.5. The summed E-state index contributed by atoms with van der Waals surface area (Å²) < 4.78 is 0. The van der Waals surface area contributed by atoms with Crippen LogP contribution >= 0.6 is 11.6 Å². The van der Waals surface area contributed by atoms with Crippen LogP contribution in [-0.2, 0) is 0 Å². The van der Waals surface area contributed by atoms with Crippen LogP contribution in [0.5, 0.6) is 0 Å². The molecule has 0 saturated heterocycles. The number of rotatable bonds is 6. The van der Waals surface area contributed by atoms with Crippen molar-refractivity contribution in [2.45, 2.75) is 0 Å². The Morgan fingerprint density at radius 1 is 0.340 bits per heavy atom. The van der Waals surface area contributed by atoms with Crippen molar-refractivity contribution in [2.75, 3.05) is 0 Å². The molecule has 0 bridgehead atoms. The molecule has 47 heavy (non-hydrogen) atoms. The Balaban J connectivity index is 1.37. The minimum atomic E-state index is 0.680. The summed E-state index contributed by atoms with van der Waals surface area (Å²) in [5, 5.41) is 3.01. The van der Waals surface area contributed by atoms with Gasteiger partial charge in [0.15, 0.2) is 5.82 Å². The molecule has 1 aromatic heterocycles. The van der Waals surface area contributed by atoms with Crippen LogP contribution in [0.3, 0.4) is 0 Å². The van der Waals surface area contributed by atoms with Gasteiger partial charge in [-0.25, -0.2) is 9.97 Å². The van der Waals surface area contributed by atoms with Crippen LogP contribution < -0.4 is 0 Å². The van der Waals surface area contributed by atoms with Crippen molar-refractivity contribution in [2.24, 2.45) is 0 Å². The number of hydrogen-bond acceptors (Lipinski definition) is 2. The van der Waals surface area contributed by atoms with Gasteiger partial charge in [-0.3, -0.25) is 0 Å². The van der Waals surface area contributed by atoms with E-state index in [9.17, 15) is 0 Å². The summed E-state index contributed by atoms with van der Waals surface area (Å²) in [6.45, 7) is 0. The molecule has 0 aliphatic carbocycles. The molecule has 0 atom stereocenters. The molecule has 0 unspecified atom stereocenters. The molecule has 0 radical (unpaired) electrons. The summed E-state index contributed by atoms with van der Waals surface area (Å²) in [7, 11) is 0. The lowest BCUT2D eigenvalue weighted by Gasteiger charge is -2.15. The summed E-state index contributed by atoms with van der Waals surface area (Å²) >= 11 is 6.48. The van der Waals surface area contributed by atoms with Crippen LogP contribution in [0.15, 0.2) is 176 Å². The van der Waals surface area contributed by atoms with Gasteiger partial charge in [-0.05, 0) is 80.6 Å². The van der Waals surface area contributed by atoms with Crippen molar-refractivity contribution < 1.29 is 0 Å². The molecular weight excluding hydrogens is 592 g/mol. The lowest BCUT2D eigenvalue weighted by molar-refractivity contribution is 1.18. The van der Waals surface area contributed by atoms with Crippen molar-refractivity contribution in [3.8, 4) is 67.3 Å². The molecule has 222 valence electrons. The number of aromatic nitrogens is 2. The second-order valence-corrected chi connectivity index (χ2v) is 12.0. The molecule has 0 aliphatic rings. The van der Waals surface area contributed by atoms with E-state index in [2.05, 4.69) is 146 Å². The Morgan fingerprint density at radius 2 is 0.936 bits per heavy atom. The van der Waals surface area contributed by atoms with Crippen molar-refractivity contribution in [3.05, 3.63) is 181 Å². The van der Waals surface area contributed by atoms with Crippen LogP contribution in [0.4, 0.5) is 0 Å². The smallest absolute Gasteiger partial charge is 0.161 e. The molecule has 0 amide bonds. The number of fused-ring (bicyclic) bond motifs is 1. The molecule has 3 heteroatoms. The molecule has 0 spiro atoms. The van der Waals surface area contributed by atoms with Gasteiger partial charge in [0.25, 0.3) is 0 Å². The maximum Gasteiger partial charge on any atom is 0.161 e. The monoisotopic (exact) mass is 620 g/mol. The van der Waals surface area contributed by atoms with Crippen LogP contribution in [-0.4, -0.2) is 9.97 Å². The first kappa shape index (κ1) is 28.6. The van der Waals surface area contributed by atoms with E-state index in [1.807, 2.05) is 30.3 Å². The fraction of sp³-hybridized carbons (Fsp3) is 0.